The first-order valence-electron chi connectivity index (χ1n) is 14.2. The third kappa shape index (κ3) is 15.5. The van der Waals surface area contributed by atoms with Crippen molar-refractivity contribution in [1.29, 1.82) is 0 Å². The molecule has 8 atom stereocenters. The van der Waals surface area contributed by atoms with E-state index in [9.17, 15) is 17.6 Å². The molecule has 0 aromatic carbocycles. The monoisotopic (exact) mass is 508 g/mol. The summed E-state index contributed by atoms with van der Waals surface area (Å²) in [4.78, 5) is 0. The number of hydrogen-bond acceptors (Lipinski definition) is 0. The Morgan fingerprint density at radius 2 is 0.571 bits per heavy atom. The minimum atomic E-state index is -0.458. The minimum absolute atomic E-state index is 0. The van der Waals surface area contributed by atoms with Gasteiger partial charge < -0.3 is 0 Å². The van der Waals surface area contributed by atoms with Crippen molar-refractivity contribution >= 4 is 0 Å². The number of rotatable bonds is 5. The smallest absolute Gasteiger partial charge is 0.104 e. The first kappa shape index (κ1) is 34.7. The van der Waals surface area contributed by atoms with Crippen LogP contribution in [0.25, 0.3) is 0 Å². The van der Waals surface area contributed by atoms with Crippen molar-refractivity contribution in [3.63, 3.8) is 0 Å². The van der Waals surface area contributed by atoms with Gasteiger partial charge in [-0.3, -0.25) is 0 Å². The molecule has 0 heterocycles. The molecule has 0 aromatic rings. The lowest BCUT2D eigenvalue weighted by molar-refractivity contribution is 0.402. The van der Waals surface area contributed by atoms with Crippen LogP contribution in [0.4, 0.5) is 17.6 Å². The predicted molar refractivity (Wildman–Crippen MR) is 146 cm³/mol. The molecule has 0 bridgehead atoms. The number of halogens is 4. The first-order chi connectivity index (χ1) is 15.7. The molecular weight excluding hydrogens is 448 g/mol. The van der Waals surface area contributed by atoms with Gasteiger partial charge in [-0.2, -0.15) is 0 Å². The highest BCUT2D eigenvalue weighted by atomic mass is 19.1. The van der Waals surface area contributed by atoms with E-state index in [0.29, 0.717) is 47.3 Å². The third-order valence-corrected chi connectivity index (χ3v) is 8.03. The molecule has 35 heavy (non-hydrogen) atoms. The molecule has 0 spiro atoms. The zero-order valence-corrected chi connectivity index (χ0v) is 23.8. The van der Waals surface area contributed by atoms with Crippen molar-refractivity contribution in [2.75, 3.05) is 0 Å². The Kier molecular flexibility index (Phi) is 15.7. The Hall–Kier alpha value is -0.280. The summed E-state index contributed by atoms with van der Waals surface area (Å²) < 4.78 is 48.1. The SMILES string of the molecule is C.CC(C)C1CC1.CC(C)[C@@H]1C[C@@H]1F.CC(C)[C@@H]1C[C@H]1F.CC(C)[C@H]1C[C@@H]1F.CC(C)[C@H]1C[C@H]1F. The van der Waals surface area contributed by atoms with E-state index in [1.54, 1.807) is 0 Å². The maximum atomic E-state index is 12.0. The fraction of sp³-hybridized carbons (Fsp3) is 1.00. The fourth-order valence-electron chi connectivity index (χ4n) is 4.25. The summed E-state index contributed by atoms with van der Waals surface area (Å²) in [7, 11) is 0. The maximum Gasteiger partial charge on any atom is 0.104 e. The van der Waals surface area contributed by atoms with Crippen molar-refractivity contribution in [3.8, 4) is 0 Å². The molecule has 0 saturated heterocycles. The highest BCUT2D eigenvalue weighted by Gasteiger charge is 2.40. The van der Waals surface area contributed by atoms with Gasteiger partial charge in [0.2, 0.25) is 0 Å². The second kappa shape index (κ2) is 15.9. The van der Waals surface area contributed by atoms with Crippen molar-refractivity contribution in [2.24, 2.45) is 59.2 Å². The van der Waals surface area contributed by atoms with E-state index < -0.39 is 24.7 Å². The van der Waals surface area contributed by atoms with Crippen molar-refractivity contribution in [1.82, 2.24) is 0 Å². The molecule has 5 fully saturated rings. The second-order valence-corrected chi connectivity index (χ2v) is 13.2. The summed E-state index contributed by atoms with van der Waals surface area (Å²) in [5, 5.41) is 0. The molecule has 5 aliphatic carbocycles. The Labute approximate surface area is 216 Å². The molecule has 0 N–H and O–H groups in total. The average molecular weight is 509 g/mol. The quantitative estimate of drug-likeness (QED) is 0.324. The van der Waals surface area contributed by atoms with Crippen LogP contribution >= 0.6 is 0 Å². The van der Waals surface area contributed by atoms with Crippen LogP contribution in [-0.2, 0) is 0 Å². The normalized spacial score (nSPS) is 35.4. The van der Waals surface area contributed by atoms with Crippen LogP contribution in [0.3, 0.4) is 0 Å². The molecule has 0 amide bonds. The van der Waals surface area contributed by atoms with Gasteiger partial charge in [0.05, 0.1) is 0 Å². The van der Waals surface area contributed by atoms with Gasteiger partial charge in [0.1, 0.15) is 24.7 Å². The molecule has 0 aliphatic heterocycles. The van der Waals surface area contributed by atoms with E-state index in [4.69, 9.17) is 0 Å². The van der Waals surface area contributed by atoms with E-state index in [1.807, 2.05) is 0 Å². The largest absolute Gasteiger partial charge is 0.247 e. The van der Waals surface area contributed by atoms with Crippen LogP contribution in [0.2, 0.25) is 0 Å². The minimum Gasteiger partial charge on any atom is -0.247 e. The summed E-state index contributed by atoms with van der Waals surface area (Å²) in [5.41, 5.74) is 0. The van der Waals surface area contributed by atoms with Gasteiger partial charge >= 0.3 is 0 Å². The van der Waals surface area contributed by atoms with Crippen molar-refractivity contribution < 1.29 is 17.6 Å². The predicted octanol–water partition coefficient (Wildman–Crippen LogP) is 10.7. The molecule has 5 rings (SSSR count). The van der Waals surface area contributed by atoms with Gasteiger partial charge in [-0.15, -0.1) is 0 Å². The first-order valence-corrected chi connectivity index (χ1v) is 14.2. The van der Waals surface area contributed by atoms with Gasteiger partial charge in [-0.25, -0.2) is 17.6 Å². The van der Waals surface area contributed by atoms with Gasteiger partial charge in [-0.05, 0) is 97.7 Å². The fourth-order valence-corrected chi connectivity index (χ4v) is 4.25. The van der Waals surface area contributed by atoms with Gasteiger partial charge in [0.25, 0.3) is 0 Å². The second-order valence-electron chi connectivity index (χ2n) is 13.2. The van der Waals surface area contributed by atoms with Crippen molar-refractivity contribution in [2.45, 2.75) is 140 Å². The van der Waals surface area contributed by atoms with E-state index >= 15 is 0 Å². The lowest BCUT2D eigenvalue weighted by Crippen LogP contribution is -1.90. The molecule has 5 aliphatic rings. The van der Waals surface area contributed by atoms with E-state index in [2.05, 4.69) is 69.2 Å². The zero-order valence-electron chi connectivity index (χ0n) is 23.8. The Morgan fingerprint density at radius 1 is 0.400 bits per heavy atom. The lowest BCUT2D eigenvalue weighted by atomic mass is 10.1. The van der Waals surface area contributed by atoms with Crippen LogP contribution < -0.4 is 0 Å². The Bertz CT molecular complexity index is 460. The topological polar surface area (TPSA) is 0 Å². The molecular formula is C31H60F4. The summed E-state index contributed by atoms with van der Waals surface area (Å²) in [6.45, 7) is 21.2. The number of alkyl halides is 4. The average Bonchev–Trinajstić information content (AvgIpc) is 3.54. The van der Waals surface area contributed by atoms with Gasteiger partial charge in [-0.1, -0.05) is 76.7 Å². The molecule has 4 heteroatoms. The maximum absolute atomic E-state index is 12.0. The van der Waals surface area contributed by atoms with E-state index in [1.165, 1.54) is 12.8 Å². The Morgan fingerprint density at radius 3 is 0.571 bits per heavy atom. The van der Waals surface area contributed by atoms with Crippen LogP contribution in [0.15, 0.2) is 0 Å². The number of hydrogen-bond donors (Lipinski definition) is 0. The summed E-state index contributed by atoms with van der Waals surface area (Å²) >= 11 is 0. The molecule has 0 unspecified atom stereocenters. The molecule has 0 nitrogen and oxygen atoms in total. The molecule has 212 valence electrons. The van der Waals surface area contributed by atoms with Crippen LogP contribution in [-0.4, -0.2) is 24.7 Å². The molecule has 5 saturated carbocycles. The zero-order chi connectivity index (χ0) is 26.3. The summed E-state index contributed by atoms with van der Waals surface area (Å²) in [5.74, 6) is 5.94. The van der Waals surface area contributed by atoms with Crippen LogP contribution in [0.1, 0.15) is 115 Å². The summed E-state index contributed by atoms with van der Waals surface area (Å²) in [6.07, 6.45) is 4.43. The highest BCUT2D eigenvalue weighted by Crippen LogP contribution is 2.41. The van der Waals surface area contributed by atoms with Crippen molar-refractivity contribution in [3.05, 3.63) is 0 Å². The lowest BCUT2D eigenvalue weighted by Gasteiger charge is -1.95. The standard InChI is InChI=1S/4C6H11F.C6H12.CH4/c4*1-4(2)5-3-6(5)7;1-5(2)6-3-4-6;/h4*4-6H,3H2,1-2H3;5-6H,3-4H2,1-2H3;1H4/t2*5-,6+;2*5-,6-;;/m1010../s1. The van der Waals surface area contributed by atoms with Gasteiger partial charge in [0.15, 0.2) is 0 Å². The van der Waals surface area contributed by atoms with E-state index in [0.717, 1.165) is 37.5 Å². The van der Waals surface area contributed by atoms with Gasteiger partial charge in [0, 0.05) is 0 Å². The third-order valence-electron chi connectivity index (χ3n) is 8.03. The highest BCUT2D eigenvalue weighted by molar-refractivity contribution is 4.89. The summed E-state index contributed by atoms with van der Waals surface area (Å²) in [6, 6.07) is 0. The van der Waals surface area contributed by atoms with Crippen LogP contribution in [0.5, 0.6) is 0 Å². The van der Waals surface area contributed by atoms with E-state index in [-0.39, 0.29) is 7.43 Å². The Balaban J connectivity index is 0.000000410. The molecule has 0 aromatic heterocycles. The van der Waals surface area contributed by atoms with Crippen LogP contribution in [0, 0.1) is 59.2 Å². The molecule has 0 radical (unpaired) electrons.